The third-order valence-corrected chi connectivity index (χ3v) is 3.76. The van der Waals surface area contributed by atoms with Crippen LogP contribution in [0.1, 0.15) is 16.1 Å². The van der Waals surface area contributed by atoms with Gasteiger partial charge in [-0.25, -0.2) is 4.98 Å². The molecule has 0 saturated heterocycles. The summed E-state index contributed by atoms with van der Waals surface area (Å²) in [4.78, 5) is 17.0. The van der Waals surface area contributed by atoms with Gasteiger partial charge >= 0.3 is 0 Å². The Bertz CT molecular complexity index is 908. The number of nitrogens with one attached hydrogen (secondary N) is 1. The van der Waals surface area contributed by atoms with Crippen molar-refractivity contribution in [2.45, 2.75) is 6.92 Å². The van der Waals surface area contributed by atoms with E-state index in [1.165, 1.54) is 21.3 Å². The summed E-state index contributed by atoms with van der Waals surface area (Å²) in [7, 11) is 4.53. The smallest absolute Gasteiger partial charge is 0.255 e. The number of rotatable bonds is 5. The second-order valence-electron chi connectivity index (χ2n) is 5.43. The van der Waals surface area contributed by atoms with Crippen LogP contribution in [-0.4, -0.2) is 36.6 Å². The quantitative estimate of drug-likeness (QED) is 0.772. The molecule has 1 aromatic carbocycles. The van der Waals surface area contributed by atoms with E-state index in [0.717, 1.165) is 11.3 Å². The molecule has 0 unspecified atom stereocenters. The Kier molecular flexibility index (Phi) is 4.47. The molecule has 0 fully saturated rings. The number of nitrogens with zero attached hydrogens (tertiary/aromatic N) is 2. The van der Waals surface area contributed by atoms with Gasteiger partial charge in [-0.05, 0) is 31.2 Å². The standard InChI is InChI=1S/C18H19N3O4/c1-11-9-21-10-13(5-6-16(21)19-11)20-18(22)12-7-14(23-2)17(25-4)15(8-12)24-3/h5-10H,1-4H3,(H,20,22). The lowest BCUT2D eigenvalue weighted by atomic mass is 10.1. The summed E-state index contributed by atoms with van der Waals surface area (Å²) >= 11 is 0. The number of hydrogen-bond acceptors (Lipinski definition) is 5. The van der Waals surface area contributed by atoms with Gasteiger partial charge in [0.2, 0.25) is 5.75 Å². The molecule has 0 spiro atoms. The lowest BCUT2D eigenvalue weighted by Crippen LogP contribution is -2.13. The zero-order chi connectivity index (χ0) is 18.0. The fourth-order valence-corrected chi connectivity index (χ4v) is 2.61. The van der Waals surface area contributed by atoms with Crippen molar-refractivity contribution in [3.05, 3.63) is 47.9 Å². The molecule has 7 heteroatoms. The highest BCUT2D eigenvalue weighted by Gasteiger charge is 2.17. The highest BCUT2D eigenvalue weighted by Crippen LogP contribution is 2.38. The van der Waals surface area contributed by atoms with Crippen molar-refractivity contribution in [2.24, 2.45) is 0 Å². The minimum absolute atomic E-state index is 0.282. The van der Waals surface area contributed by atoms with Crippen LogP contribution in [-0.2, 0) is 0 Å². The summed E-state index contributed by atoms with van der Waals surface area (Å²) < 4.78 is 17.7. The molecule has 3 rings (SSSR count). The molecule has 0 aliphatic rings. The molecule has 1 amide bonds. The predicted octanol–water partition coefficient (Wildman–Crippen LogP) is 2.92. The van der Waals surface area contributed by atoms with Crippen molar-refractivity contribution in [3.8, 4) is 17.2 Å². The molecular weight excluding hydrogens is 322 g/mol. The van der Waals surface area contributed by atoms with Crippen molar-refractivity contribution in [2.75, 3.05) is 26.6 Å². The van der Waals surface area contributed by atoms with Crippen molar-refractivity contribution >= 4 is 17.2 Å². The molecule has 1 N–H and O–H groups in total. The zero-order valence-corrected chi connectivity index (χ0v) is 14.5. The Morgan fingerprint density at radius 1 is 1.04 bits per heavy atom. The average molecular weight is 341 g/mol. The summed E-state index contributed by atoms with van der Waals surface area (Å²) in [5.41, 5.74) is 2.79. The minimum atomic E-state index is -0.282. The van der Waals surface area contributed by atoms with Crippen molar-refractivity contribution in [1.82, 2.24) is 9.38 Å². The Hall–Kier alpha value is -3.22. The van der Waals surface area contributed by atoms with Crippen LogP contribution in [0.15, 0.2) is 36.7 Å². The summed E-state index contributed by atoms with van der Waals surface area (Å²) in [6, 6.07) is 6.86. The van der Waals surface area contributed by atoms with Crippen LogP contribution in [0.4, 0.5) is 5.69 Å². The third kappa shape index (κ3) is 3.21. The number of benzene rings is 1. The molecule has 0 aliphatic heterocycles. The number of amides is 1. The van der Waals surface area contributed by atoms with Gasteiger partial charge in [-0.3, -0.25) is 4.79 Å². The number of aryl methyl sites for hydroxylation is 1. The summed E-state index contributed by atoms with van der Waals surface area (Å²) in [5.74, 6) is 1.01. The van der Waals surface area contributed by atoms with E-state index in [4.69, 9.17) is 14.2 Å². The van der Waals surface area contributed by atoms with E-state index in [-0.39, 0.29) is 5.91 Å². The number of carbonyl (C=O) groups is 1. The van der Waals surface area contributed by atoms with Gasteiger partial charge in [0.1, 0.15) is 5.65 Å². The van der Waals surface area contributed by atoms with Gasteiger partial charge in [0.25, 0.3) is 5.91 Å². The average Bonchev–Trinajstić information content (AvgIpc) is 2.99. The highest BCUT2D eigenvalue weighted by molar-refractivity contribution is 6.05. The van der Waals surface area contributed by atoms with Crippen LogP contribution >= 0.6 is 0 Å². The maximum absolute atomic E-state index is 12.6. The van der Waals surface area contributed by atoms with Gasteiger partial charge in [-0.1, -0.05) is 0 Å². The second-order valence-corrected chi connectivity index (χ2v) is 5.43. The van der Waals surface area contributed by atoms with E-state index in [1.807, 2.05) is 29.8 Å². The van der Waals surface area contributed by atoms with E-state index in [0.29, 0.717) is 28.5 Å². The largest absolute Gasteiger partial charge is 0.493 e. The van der Waals surface area contributed by atoms with Gasteiger partial charge in [0, 0.05) is 18.0 Å². The monoisotopic (exact) mass is 341 g/mol. The molecule has 2 heterocycles. The van der Waals surface area contributed by atoms with Crippen molar-refractivity contribution in [1.29, 1.82) is 0 Å². The van der Waals surface area contributed by atoms with Crippen molar-refractivity contribution in [3.63, 3.8) is 0 Å². The van der Waals surface area contributed by atoms with Crippen LogP contribution in [0, 0.1) is 6.92 Å². The number of anilines is 1. The molecule has 0 atom stereocenters. The lowest BCUT2D eigenvalue weighted by Gasteiger charge is -2.14. The van der Waals surface area contributed by atoms with Crippen LogP contribution in [0.2, 0.25) is 0 Å². The van der Waals surface area contributed by atoms with E-state index in [1.54, 1.807) is 18.2 Å². The first kappa shape index (κ1) is 16.6. The summed E-state index contributed by atoms with van der Waals surface area (Å²) in [6.45, 7) is 1.92. The number of pyridine rings is 1. The number of hydrogen-bond donors (Lipinski definition) is 1. The maximum atomic E-state index is 12.6. The Morgan fingerprint density at radius 3 is 2.32 bits per heavy atom. The van der Waals surface area contributed by atoms with Gasteiger partial charge in [-0.15, -0.1) is 0 Å². The van der Waals surface area contributed by atoms with Gasteiger partial charge in [0.05, 0.1) is 32.7 Å². The van der Waals surface area contributed by atoms with Gasteiger partial charge < -0.3 is 23.9 Å². The van der Waals surface area contributed by atoms with Crippen LogP contribution in [0.3, 0.4) is 0 Å². The zero-order valence-electron chi connectivity index (χ0n) is 14.5. The normalized spacial score (nSPS) is 10.6. The highest BCUT2D eigenvalue weighted by atomic mass is 16.5. The second kappa shape index (κ2) is 6.72. The van der Waals surface area contributed by atoms with Gasteiger partial charge in [-0.2, -0.15) is 0 Å². The third-order valence-electron chi connectivity index (χ3n) is 3.76. The first-order chi connectivity index (χ1) is 12.0. The van der Waals surface area contributed by atoms with E-state index >= 15 is 0 Å². The topological polar surface area (TPSA) is 74.1 Å². The number of ether oxygens (including phenoxy) is 3. The van der Waals surface area contributed by atoms with Crippen LogP contribution < -0.4 is 19.5 Å². The lowest BCUT2D eigenvalue weighted by molar-refractivity contribution is 0.102. The number of fused-ring (bicyclic) bond motifs is 1. The molecular formula is C18H19N3O4. The Balaban J connectivity index is 1.91. The molecule has 0 radical (unpaired) electrons. The van der Waals surface area contributed by atoms with Crippen LogP contribution in [0.25, 0.3) is 5.65 Å². The van der Waals surface area contributed by atoms with Crippen molar-refractivity contribution < 1.29 is 19.0 Å². The number of imidazole rings is 1. The first-order valence-electron chi connectivity index (χ1n) is 7.62. The molecule has 7 nitrogen and oxygen atoms in total. The molecule has 2 aromatic heterocycles. The molecule has 0 saturated carbocycles. The summed E-state index contributed by atoms with van der Waals surface area (Å²) in [6.07, 6.45) is 3.70. The first-order valence-corrected chi connectivity index (χ1v) is 7.62. The maximum Gasteiger partial charge on any atom is 0.255 e. The minimum Gasteiger partial charge on any atom is -0.493 e. The summed E-state index contributed by atoms with van der Waals surface area (Å²) in [5, 5.41) is 2.86. The fraction of sp³-hybridized carbons (Fsp3) is 0.222. The predicted molar refractivity (Wildman–Crippen MR) is 94.0 cm³/mol. The number of aromatic nitrogens is 2. The van der Waals surface area contributed by atoms with E-state index in [9.17, 15) is 4.79 Å². The van der Waals surface area contributed by atoms with E-state index in [2.05, 4.69) is 10.3 Å². The molecule has 0 aliphatic carbocycles. The molecule has 3 aromatic rings. The van der Waals surface area contributed by atoms with Gasteiger partial charge in [0.15, 0.2) is 11.5 Å². The number of methoxy groups -OCH3 is 3. The van der Waals surface area contributed by atoms with E-state index < -0.39 is 0 Å². The number of carbonyl (C=O) groups excluding carboxylic acids is 1. The van der Waals surface area contributed by atoms with Crippen LogP contribution in [0.5, 0.6) is 17.2 Å². The SMILES string of the molecule is COc1cc(C(=O)Nc2ccc3nc(C)cn3c2)cc(OC)c1OC. The molecule has 130 valence electrons. The molecule has 0 bridgehead atoms. The molecule has 25 heavy (non-hydrogen) atoms. The Labute approximate surface area is 145 Å². The fourth-order valence-electron chi connectivity index (χ4n) is 2.61. The Morgan fingerprint density at radius 2 is 1.72 bits per heavy atom.